The summed E-state index contributed by atoms with van der Waals surface area (Å²) in [5, 5.41) is 9.65. The minimum atomic E-state index is -0.360. The number of fused-ring (bicyclic) bond motifs is 1. The Hall–Kier alpha value is -2.67. The van der Waals surface area contributed by atoms with Gasteiger partial charge in [0, 0.05) is 44.8 Å². The third-order valence-electron chi connectivity index (χ3n) is 4.02. The van der Waals surface area contributed by atoms with Gasteiger partial charge in [-0.25, -0.2) is 9.37 Å². The lowest BCUT2D eigenvalue weighted by atomic mass is 10.1. The van der Waals surface area contributed by atoms with Gasteiger partial charge in [0.05, 0.1) is 11.2 Å². The first kappa shape index (κ1) is 14.9. The molecule has 0 bridgehead atoms. The van der Waals surface area contributed by atoms with E-state index in [1.54, 1.807) is 6.20 Å². The number of dihydropyridines is 1. The van der Waals surface area contributed by atoms with Crippen molar-refractivity contribution in [1.29, 1.82) is 0 Å². The number of ether oxygens (including phenoxy) is 1. The van der Waals surface area contributed by atoms with E-state index in [9.17, 15) is 4.39 Å². The van der Waals surface area contributed by atoms with Crippen molar-refractivity contribution in [2.24, 2.45) is 0 Å². The van der Waals surface area contributed by atoms with Gasteiger partial charge in [-0.2, -0.15) is 0 Å². The Kier molecular flexibility index (Phi) is 4.00. The fourth-order valence-corrected chi connectivity index (χ4v) is 2.65. The standard InChI is InChI=1S/C17H18FN5O/c18-13-5-11(6-14-17(13)22-4-3-21-14)7-23-15-10-19-2-1-16(15)24-12-8-20-9-12/h1,3-6,10,12,19-20,23H,2,7-9H2. The summed E-state index contributed by atoms with van der Waals surface area (Å²) in [6.07, 6.45) is 7.17. The van der Waals surface area contributed by atoms with E-state index in [1.807, 2.05) is 18.3 Å². The molecule has 1 saturated heterocycles. The van der Waals surface area contributed by atoms with Crippen molar-refractivity contribution in [1.82, 2.24) is 25.9 Å². The van der Waals surface area contributed by atoms with Crippen LogP contribution < -0.4 is 16.0 Å². The second-order valence-corrected chi connectivity index (χ2v) is 5.79. The molecular formula is C17H18FN5O. The zero-order chi connectivity index (χ0) is 16.4. The second kappa shape index (κ2) is 6.45. The van der Waals surface area contributed by atoms with Gasteiger partial charge in [0.2, 0.25) is 0 Å². The van der Waals surface area contributed by atoms with Crippen molar-refractivity contribution in [3.05, 3.63) is 59.6 Å². The van der Waals surface area contributed by atoms with Gasteiger partial charge in [-0.1, -0.05) is 0 Å². The second-order valence-electron chi connectivity index (χ2n) is 5.79. The summed E-state index contributed by atoms with van der Waals surface area (Å²) >= 11 is 0. The first-order chi connectivity index (χ1) is 11.8. The molecule has 4 rings (SSSR count). The molecule has 7 heteroatoms. The minimum absolute atomic E-state index is 0.216. The average Bonchev–Trinajstić information content (AvgIpc) is 2.57. The summed E-state index contributed by atoms with van der Waals surface area (Å²) < 4.78 is 20.1. The largest absolute Gasteiger partial charge is 0.486 e. The maximum absolute atomic E-state index is 14.1. The summed E-state index contributed by atoms with van der Waals surface area (Å²) in [6, 6.07) is 3.33. The molecule has 1 fully saturated rings. The maximum atomic E-state index is 14.1. The normalized spacial score (nSPS) is 17.5. The van der Waals surface area contributed by atoms with Crippen LogP contribution in [-0.4, -0.2) is 35.7 Å². The Morgan fingerprint density at radius 1 is 1.25 bits per heavy atom. The van der Waals surface area contributed by atoms with Crippen LogP contribution >= 0.6 is 0 Å². The Morgan fingerprint density at radius 2 is 2.12 bits per heavy atom. The molecule has 1 aromatic heterocycles. The van der Waals surface area contributed by atoms with E-state index in [-0.39, 0.29) is 11.9 Å². The number of hydrogen-bond donors (Lipinski definition) is 3. The number of halogens is 1. The van der Waals surface area contributed by atoms with Gasteiger partial charge in [-0.05, 0) is 23.8 Å². The van der Waals surface area contributed by atoms with Gasteiger partial charge >= 0.3 is 0 Å². The van der Waals surface area contributed by atoms with Crippen molar-refractivity contribution in [2.45, 2.75) is 12.6 Å². The Balaban J connectivity index is 1.47. The third-order valence-corrected chi connectivity index (χ3v) is 4.02. The van der Waals surface area contributed by atoms with E-state index >= 15 is 0 Å². The Labute approximate surface area is 138 Å². The quantitative estimate of drug-likeness (QED) is 0.766. The number of hydrogen-bond acceptors (Lipinski definition) is 6. The van der Waals surface area contributed by atoms with Gasteiger partial charge in [0.15, 0.2) is 5.82 Å². The molecule has 2 aliphatic rings. The van der Waals surface area contributed by atoms with E-state index in [2.05, 4.69) is 25.9 Å². The zero-order valence-corrected chi connectivity index (χ0v) is 13.1. The predicted molar refractivity (Wildman–Crippen MR) is 88.2 cm³/mol. The molecule has 2 aliphatic heterocycles. The highest BCUT2D eigenvalue weighted by Crippen LogP contribution is 2.18. The lowest BCUT2D eigenvalue weighted by molar-refractivity contribution is 0.0734. The molecule has 0 aliphatic carbocycles. The topological polar surface area (TPSA) is 71.1 Å². The van der Waals surface area contributed by atoms with Crippen LogP contribution in [0.4, 0.5) is 4.39 Å². The maximum Gasteiger partial charge on any atom is 0.151 e. The molecular weight excluding hydrogens is 309 g/mol. The van der Waals surface area contributed by atoms with Crippen LogP contribution in [0.1, 0.15) is 5.56 Å². The number of aromatic nitrogens is 2. The van der Waals surface area contributed by atoms with Gasteiger partial charge in [-0.15, -0.1) is 0 Å². The first-order valence-electron chi connectivity index (χ1n) is 7.94. The molecule has 0 spiro atoms. The van der Waals surface area contributed by atoms with Crippen LogP contribution in [0, 0.1) is 5.82 Å². The SMILES string of the molecule is Fc1cc(CNC2=CNCC=C2OC2CNC2)cc2nccnc12. The van der Waals surface area contributed by atoms with E-state index in [0.717, 1.165) is 36.7 Å². The van der Waals surface area contributed by atoms with E-state index in [1.165, 1.54) is 12.3 Å². The van der Waals surface area contributed by atoms with Crippen molar-refractivity contribution in [2.75, 3.05) is 19.6 Å². The third kappa shape index (κ3) is 3.03. The summed E-state index contributed by atoms with van der Waals surface area (Å²) in [5.41, 5.74) is 2.52. The fraction of sp³-hybridized carbons (Fsp3) is 0.294. The van der Waals surface area contributed by atoms with Crippen LogP contribution in [-0.2, 0) is 11.3 Å². The van der Waals surface area contributed by atoms with Crippen molar-refractivity contribution in [3.8, 4) is 0 Å². The minimum Gasteiger partial charge on any atom is -0.486 e. The highest BCUT2D eigenvalue weighted by Gasteiger charge is 2.21. The zero-order valence-electron chi connectivity index (χ0n) is 13.1. The molecule has 1 aromatic carbocycles. The summed E-state index contributed by atoms with van der Waals surface area (Å²) in [5.74, 6) is 0.474. The molecule has 0 unspecified atom stereocenters. The van der Waals surface area contributed by atoms with E-state index in [0.29, 0.717) is 17.6 Å². The Bertz CT molecular complexity index is 816. The highest BCUT2D eigenvalue weighted by atomic mass is 19.1. The van der Waals surface area contributed by atoms with E-state index in [4.69, 9.17) is 4.74 Å². The van der Waals surface area contributed by atoms with Crippen molar-refractivity contribution in [3.63, 3.8) is 0 Å². The molecule has 0 radical (unpaired) electrons. The highest BCUT2D eigenvalue weighted by molar-refractivity contribution is 5.75. The fourth-order valence-electron chi connectivity index (χ4n) is 2.65. The van der Waals surface area contributed by atoms with Crippen LogP contribution in [0.2, 0.25) is 0 Å². The van der Waals surface area contributed by atoms with Gasteiger partial charge in [0.25, 0.3) is 0 Å². The molecule has 3 N–H and O–H groups in total. The lowest BCUT2D eigenvalue weighted by Crippen LogP contribution is -2.48. The molecule has 24 heavy (non-hydrogen) atoms. The van der Waals surface area contributed by atoms with Crippen LogP contribution in [0.15, 0.2) is 48.3 Å². The molecule has 0 atom stereocenters. The molecule has 2 aromatic rings. The Morgan fingerprint density at radius 3 is 2.96 bits per heavy atom. The molecule has 6 nitrogen and oxygen atoms in total. The number of nitrogens with zero attached hydrogens (tertiary/aromatic N) is 2. The van der Waals surface area contributed by atoms with Gasteiger partial charge in [0.1, 0.15) is 17.4 Å². The molecule has 124 valence electrons. The summed E-state index contributed by atoms with van der Waals surface area (Å²) in [6.45, 7) is 2.95. The van der Waals surface area contributed by atoms with Gasteiger partial charge < -0.3 is 20.7 Å². The van der Waals surface area contributed by atoms with Crippen molar-refractivity contribution >= 4 is 11.0 Å². The average molecular weight is 327 g/mol. The number of rotatable bonds is 5. The monoisotopic (exact) mass is 327 g/mol. The van der Waals surface area contributed by atoms with Crippen LogP contribution in [0.25, 0.3) is 11.0 Å². The van der Waals surface area contributed by atoms with Crippen molar-refractivity contribution < 1.29 is 9.13 Å². The van der Waals surface area contributed by atoms with Crippen LogP contribution in [0.3, 0.4) is 0 Å². The lowest BCUT2D eigenvalue weighted by Gasteiger charge is -2.31. The van der Waals surface area contributed by atoms with E-state index < -0.39 is 0 Å². The number of nitrogens with one attached hydrogen (secondary N) is 3. The predicted octanol–water partition coefficient (Wildman–Crippen LogP) is 1.18. The first-order valence-corrected chi connectivity index (χ1v) is 7.94. The molecule has 3 heterocycles. The van der Waals surface area contributed by atoms with Gasteiger partial charge in [-0.3, -0.25) is 4.98 Å². The van der Waals surface area contributed by atoms with Crippen LogP contribution in [0.5, 0.6) is 0 Å². The molecule has 0 amide bonds. The number of benzene rings is 1. The summed E-state index contributed by atoms with van der Waals surface area (Å²) in [7, 11) is 0. The summed E-state index contributed by atoms with van der Waals surface area (Å²) in [4.78, 5) is 8.19. The smallest absolute Gasteiger partial charge is 0.151 e. The molecule has 0 saturated carbocycles.